The van der Waals surface area contributed by atoms with Gasteiger partial charge in [-0.15, -0.1) is 11.3 Å². The fourth-order valence-electron chi connectivity index (χ4n) is 3.14. The minimum atomic E-state index is -0.643. The molecule has 8 nitrogen and oxygen atoms in total. The van der Waals surface area contributed by atoms with Crippen molar-refractivity contribution in [2.45, 2.75) is 18.9 Å². The summed E-state index contributed by atoms with van der Waals surface area (Å²) in [5, 5.41) is 4.59. The Balaban J connectivity index is 1.81. The molecule has 0 aliphatic rings. The highest BCUT2D eigenvalue weighted by atomic mass is 32.2. The topological polar surface area (TPSA) is 104 Å². The zero-order valence-corrected chi connectivity index (χ0v) is 19.9. The standard InChI is InChI=1S/C22H22N2O6S2/c1-11-9-16(24-18-13(11)7-6-8-14(18)28-3)31-10-15(25)23-20-17(21(26)29-4)12(2)19(32-20)22(27)30-5/h6-9H,10H2,1-5H3,(H,23,25). The highest BCUT2D eigenvalue weighted by Crippen LogP contribution is 2.35. The Hall–Kier alpha value is -3.11. The lowest BCUT2D eigenvalue weighted by Gasteiger charge is -2.10. The Labute approximate surface area is 193 Å². The minimum Gasteiger partial charge on any atom is -0.494 e. The van der Waals surface area contributed by atoms with Crippen LogP contribution in [0.2, 0.25) is 0 Å². The number of amides is 1. The molecule has 2 heterocycles. The first-order valence-corrected chi connectivity index (χ1v) is 11.3. The molecule has 10 heteroatoms. The van der Waals surface area contributed by atoms with Gasteiger partial charge in [-0.2, -0.15) is 0 Å². The number of hydrogen-bond acceptors (Lipinski definition) is 9. The molecular formula is C22H22N2O6S2. The number of benzene rings is 1. The molecule has 0 bridgehead atoms. The molecule has 0 aliphatic heterocycles. The van der Waals surface area contributed by atoms with Gasteiger partial charge in [0.15, 0.2) is 0 Å². The zero-order chi connectivity index (χ0) is 23.4. The van der Waals surface area contributed by atoms with Crippen LogP contribution >= 0.6 is 23.1 Å². The smallest absolute Gasteiger partial charge is 0.348 e. The van der Waals surface area contributed by atoms with Crippen molar-refractivity contribution in [3.05, 3.63) is 45.8 Å². The molecule has 0 unspecified atom stereocenters. The maximum Gasteiger partial charge on any atom is 0.348 e. The first kappa shape index (κ1) is 23.6. The largest absolute Gasteiger partial charge is 0.494 e. The van der Waals surface area contributed by atoms with Crippen LogP contribution in [0.4, 0.5) is 5.00 Å². The third kappa shape index (κ3) is 4.71. The quantitative estimate of drug-likeness (QED) is 0.401. The van der Waals surface area contributed by atoms with E-state index in [0.717, 1.165) is 27.8 Å². The third-order valence-electron chi connectivity index (χ3n) is 4.72. The maximum absolute atomic E-state index is 12.6. The summed E-state index contributed by atoms with van der Waals surface area (Å²) >= 11 is 2.23. The van der Waals surface area contributed by atoms with Gasteiger partial charge in [0.25, 0.3) is 0 Å². The number of ether oxygens (including phenoxy) is 3. The van der Waals surface area contributed by atoms with Gasteiger partial charge in [-0.3, -0.25) is 4.79 Å². The lowest BCUT2D eigenvalue weighted by Crippen LogP contribution is -2.16. The van der Waals surface area contributed by atoms with Crippen molar-refractivity contribution >= 4 is 56.8 Å². The molecule has 0 spiro atoms. The van der Waals surface area contributed by atoms with E-state index in [1.54, 1.807) is 14.0 Å². The molecule has 3 rings (SSSR count). The van der Waals surface area contributed by atoms with Gasteiger partial charge in [0, 0.05) is 5.39 Å². The molecule has 2 aromatic heterocycles. The van der Waals surface area contributed by atoms with Gasteiger partial charge >= 0.3 is 11.9 Å². The average molecular weight is 475 g/mol. The Bertz CT molecular complexity index is 1200. The molecule has 1 aromatic carbocycles. The number of hydrogen-bond donors (Lipinski definition) is 1. The van der Waals surface area contributed by atoms with E-state index < -0.39 is 11.9 Å². The van der Waals surface area contributed by atoms with Crippen LogP contribution in [0, 0.1) is 13.8 Å². The molecular weight excluding hydrogens is 452 g/mol. The fraction of sp³-hybridized carbons (Fsp3) is 0.273. The SMILES string of the molecule is COC(=O)c1sc(NC(=O)CSc2cc(C)c3cccc(OC)c3n2)c(C(=O)OC)c1C. The number of anilines is 1. The van der Waals surface area contributed by atoms with E-state index in [2.05, 4.69) is 10.3 Å². The van der Waals surface area contributed by atoms with Gasteiger partial charge in [-0.25, -0.2) is 14.6 Å². The van der Waals surface area contributed by atoms with Gasteiger partial charge in [0.05, 0.1) is 37.7 Å². The Morgan fingerprint density at radius 3 is 2.47 bits per heavy atom. The Morgan fingerprint density at radius 1 is 1.09 bits per heavy atom. The summed E-state index contributed by atoms with van der Waals surface area (Å²) in [6.45, 7) is 3.58. The summed E-state index contributed by atoms with van der Waals surface area (Å²) in [4.78, 5) is 41.7. The van der Waals surface area contributed by atoms with Crippen LogP contribution in [0.3, 0.4) is 0 Å². The fourth-order valence-corrected chi connectivity index (χ4v) is 5.04. The van der Waals surface area contributed by atoms with E-state index in [0.29, 0.717) is 16.3 Å². The lowest BCUT2D eigenvalue weighted by atomic mass is 10.1. The number of carbonyl (C=O) groups is 3. The predicted octanol–water partition coefficient (Wildman–Crippen LogP) is 4.23. The van der Waals surface area contributed by atoms with E-state index in [4.69, 9.17) is 14.2 Å². The number of thiophene rings is 1. The molecule has 0 atom stereocenters. The first-order chi connectivity index (χ1) is 15.3. The van der Waals surface area contributed by atoms with Crippen LogP contribution in [0.5, 0.6) is 5.75 Å². The van der Waals surface area contributed by atoms with Crippen molar-refractivity contribution < 1.29 is 28.6 Å². The number of pyridine rings is 1. The van der Waals surface area contributed by atoms with Crippen molar-refractivity contribution in [3.8, 4) is 5.75 Å². The summed E-state index contributed by atoms with van der Waals surface area (Å²) in [5.41, 5.74) is 2.28. The third-order valence-corrected chi connectivity index (χ3v) is 6.82. The number of thioether (sulfide) groups is 1. The number of nitrogens with one attached hydrogen (secondary N) is 1. The minimum absolute atomic E-state index is 0.0538. The predicted molar refractivity (Wildman–Crippen MR) is 124 cm³/mol. The summed E-state index contributed by atoms with van der Waals surface area (Å²) in [5.74, 6) is -0.867. The maximum atomic E-state index is 12.6. The molecule has 32 heavy (non-hydrogen) atoms. The Morgan fingerprint density at radius 2 is 1.81 bits per heavy atom. The Kier molecular flexibility index (Phi) is 7.37. The monoisotopic (exact) mass is 474 g/mol. The number of methoxy groups -OCH3 is 3. The molecule has 0 fully saturated rings. The number of rotatable bonds is 7. The van der Waals surface area contributed by atoms with Crippen LogP contribution < -0.4 is 10.1 Å². The number of carbonyl (C=O) groups excluding carboxylic acids is 3. The first-order valence-electron chi connectivity index (χ1n) is 9.47. The lowest BCUT2D eigenvalue weighted by molar-refractivity contribution is -0.113. The van der Waals surface area contributed by atoms with Crippen LogP contribution in [-0.2, 0) is 14.3 Å². The van der Waals surface area contributed by atoms with E-state index >= 15 is 0 Å². The molecule has 3 aromatic rings. The number of nitrogens with zero attached hydrogens (tertiary/aromatic N) is 1. The zero-order valence-electron chi connectivity index (χ0n) is 18.2. The van der Waals surface area contributed by atoms with E-state index in [9.17, 15) is 14.4 Å². The van der Waals surface area contributed by atoms with Crippen LogP contribution in [0.1, 0.15) is 31.2 Å². The normalized spacial score (nSPS) is 10.7. The van der Waals surface area contributed by atoms with Crippen LogP contribution in [0.25, 0.3) is 10.9 Å². The second-order valence-corrected chi connectivity index (χ2v) is 8.73. The summed E-state index contributed by atoms with van der Waals surface area (Å²) < 4.78 is 15.0. The second-order valence-electron chi connectivity index (χ2n) is 6.71. The van der Waals surface area contributed by atoms with Crippen molar-refractivity contribution in [2.75, 3.05) is 32.4 Å². The number of fused-ring (bicyclic) bond motifs is 1. The molecule has 0 saturated carbocycles. The van der Waals surface area contributed by atoms with Crippen LogP contribution in [-0.4, -0.2) is 49.9 Å². The summed E-state index contributed by atoms with van der Waals surface area (Å²) in [6, 6.07) is 7.61. The van der Waals surface area contributed by atoms with Gasteiger partial charge in [0.2, 0.25) is 5.91 Å². The van der Waals surface area contributed by atoms with E-state index in [1.165, 1.54) is 26.0 Å². The number of para-hydroxylation sites is 1. The van der Waals surface area contributed by atoms with E-state index in [1.807, 2.05) is 31.2 Å². The van der Waals surface area contributed by atoms with Crippen molar-refractivity contribution in [3.63, 3.8) is 0 Å². The van der Waals surface area contributed by atoms with Gasteiger partial charge < -0.3 is 19.5 Å². The van der Waals surface area contributed by atoms with Crippen LogP contribution in [0.15, 0.2) is 29.3 Å². The molecule has 1 amide bonds. The van der Waals surface area contributed by atoms with Gasteiger partial charge in [-0.05, 0) is 37.1 Å². The second kappa shape index (κ2) is 10.0. The molecule has 0 radical (unpaired) electrons. The number of esters is 2. The number of aromatic nitrogens is 1. The number of aryl methyl sites for hydroxylation is 1. The molecule has 168 valence electrons. The van der Waals surface area contributed by atoms with Gasteiger partial charge in [0.1, 0.15) is 21.1 Å². The van der Waals surface area contributed by atoms with E-state index in [-0.39, 0.29) is 27.1 Å². The molecule has 1 N–H and O–H groups in total. The average Bonchev–Trinajstić information content (AvgIpc) is 3.11. The van der Waals surface area contributed by atoms with Crippen molar-refractivity contribution in [1.29, 1.82) is 0 Å². The van der Waals surface area contributed by atoms with Crippen molar-refractivity contribution in [2.24, 2.45) is 0 Å². The highest BCUT2D eigenvalue weighted by molar-refractivity contribution is 7.99. The van der Waals surface area contributed by atoms with Gasteiger partial charge in [-0.1, -0.05) is 23.9 Å². The summed E-state index contributed by atoms with van der Waals surface area (Å²) in [6.07, 6.45) is 0. The molecule has 0 saturated heterocycles. The highest BCUT2D eigenvalue weighted by Gasteiger charge is 2.26. The van der Waals surface area contributed by atoms with Crippen molar-refractivity contribution in [1.82, 2.24) is 4.98 Å². The summed E-state index contributed by atoms with van der Waals surface area (Å²) in [7, 11) is 4.08. The molecule has 0 aliphatic carbocycles.